The Hall–Kier alpha value is -3.68. The highest BCUT2D eigenvalue weighted by atomic mass is 16.6. The molecule has 0 unspecified atom stereocenters. The lowest BCUT2D eigenvalue weighted by atomic mass is 10.0. The lowest BCUT2D eigenvalue weighted by molar-refractivity contribution is -0.384. The van der Waals surface area contributed by atoms with E-state index in [1.807, 2.05) is 36.0 Å². The number of hydrogen-bond acceptors (Lipinski definition) is 6. The van der Waals surface area contributed by atoms with Gasteiger partial charge < -0.3 is 9.80 Å². The molecule has 0 spiro atoms. The number of nitro benzene ring substituents is 1. The maximum absolute atomic E-state index is 13.5. The SMILES string of the molecule is CN(C)c1ccc(N2C(=O)C(c3ccc([N+](=O)[O-])cc3)=C(N3CCCCC3)C2=O)cc1. The van der Waals surface area contributed by atoms with Gasteiger partial charge in [0, 0.05) is 45.0 Å². The second-order valence-corrected chi connectivity index (χ2v) is 7.93. The van der Waals surface area contributed by atoms with Gasteiger partial charge in [-0.25, -0.2) is 4.90 Å². The summed E-state index contributed by atoms with van der Waals surface area (Å²) in [6, 6.07) is 13.1. The molecular weight excluding hydrogens is 396 g/mol. The molecule has 160 valence electrons. The van der Waals surface area contributed by atoms with E-state index in [0.717, 1.165) is 24.9 Å². The molecule has 0 aromatic heterocycles. The number of rotatable bonds is 5. The topological polar surface area (TPSA) is 87.0 Å². The van der Waals surface area contributed by atoms with Crippen LogP contribution in [-0.2, 0) is 9.59 Å². The van der Waals surface area contributed by atoms with Crippen molar-refractivity contribution in [3.05, 3.63) is 69.9 Å². The van der Waals surface area contributed by atoms with Crippen LogP contribution in [-0.4, -0.2) is 48.8 Å². The van der Waals surface area contributed by atoms with Crippen molar-refractivity contribution >= 4 is 34.4 Å². The minimum Gasteiger partial charge on any atom is -0.378 e. The highest BCUT2D eigenvalue weighted by molar-refractivity contribution is 6.45. The van der Waals surface area contributed by atoms with Gasteiger partial charge in [0.2, 0.25) is 0 Å². The summed E-state index contributed by atoms with van der Waals surface area (Å²) >= 11 is 0. The van der Waals surface area contributed by atoms with Gasteiger partial charge in [-0.1, -0.05) is 0 Å². The number of nitrogens with zero attached hydrogens (tertiary/aromatic N) is 4. The molecule has 31 heavy (non-hydrogen) atoms. The molecule has 1 saturated heterocycles. The predicted octanol–water partition coefficient (Wildman–Crippen LogP) is 3.43. The first-order chi connectivity index (χ1) is 14.9. The fourth-order valence-corrected chi connectivity index (χ4v) is 4.07. The highest BCUT2D eigenvalue weighted by Gasteiger charge is 2.42. The second-order valence-electron chi connectivity index (χ2n) is 7.93. The zero-order chi connectivity index (χ0) is 22.1. The van der Waals surface area contributed by atoms with Crippen molar-refractivity contribution in [1.29, 1.82) is 0 Å². The Morgan fingerprint density at radius 2 is 1.48 bits per heavy atom. The second kappa shape index (κ2) is 8.22. The third-order valence-corrected chi connectivity index (χ3v) is 5.72. The molecule has 2 aliphatic rings. The average molecular weight is 420 g/mol. The number of carbonyl (C=O) groups excluding carboxylic acids is 2. The Bertz CT molecular complexity index is 1050. The smallest absolute Gasteiger partial charge is 0.282 e. The van der Waals surface area contributed by atoms with Crippen LogP contribution in [0.5, 0.6) is 0 Å². The van der Waals surface area contributed by atoms with Crippen molar-refractivity contribution in [3.63, 3.8) is 0 Å². The minimum absolute atomic E-state index is 0.0585. The molecule has 8 nitrogen and oxygen atoms in total. The van der Waals surface area contributed by atoms with Gasteiger partial charge in [0.25, 0.3) is 17.5 Å². The molecule has 2 heterocycles. The summed E-state index contributed by atoms with van der Waals surface area (Å²) in [5, 5.41) is 11.0. The molecule has 0 aliphatic carbocycles. The number of carbonyl (C=O) groups is 2. The summed E-state index contributed by atoms with van der Waals surface area (Å²) in [6.45, 7) is 1.41. The number of benzene rings is 2. The summed E-state index contributed by atoms with van der Waals surface area (Å²) in [5.41, 5.74) is 2.61. The summed E-state index contributed by atoms with van der Waals surface area (Å²) < 4.78 is 0. The van der Waals surface area contributed by atoms with E-state index in [2.05, 4.69) is 0 Å². The number of likely N-dealkylation sites (tertiary alicyclic amines) is 1. The number of piperidine rings is 1. The summed E-state index contributed by atoms with van der Waals surface area (Å²) in [7, 11) is 3.84. The van der Waals surface area contributed by atoms with Crippen LogP contribution in [0.1, 0.15) is 24.8 Å². The van der Waals surface area contributed by atoms with Gasteiger partial charge in [0.1, 0.15) is 5.70 Å². The van der Waals surface area contributed by atoms with Crippen molar-refractivity contribution in [2.75, 3.05) is 37.0 Å². The zero-order valence-electron chi connectivity index (χ0n) is 17.6. The average Bonchev–Trinajstić information content (AvgIpc) is 3.04. The van der Waals surface area contributed by atoms with Gasteiger partial charge in [0.05, 0.1) is 16.2 Å². The first kappa shape index (κ1) is 20.6. The Labute approximate surface area is 180 Å². The van der Waals surface area contributed by atoms with Crippen LogP contribution < -0.4 is 9.80 Å². The van der Waals surface area contributed by atoms with Crippen LogP contribution in [0.25, 0.3) is 5.57 Å². The van der Waals surface area contributed by atoms with Gasteiger partial charge in [-0.2, -0.15) is 0 Å². The number of hydrogen-bond donors (Lipinski definition) is 0. The number of non-ortho nitro benzene ring substituents is 1. The summed E-state index contributed by atoms with van der Waals surface area (Å²) in [4.78, 5) is 42.6. The molecule has 2 aromatic carbocycles. The third kappa shape index (κ3) is 3.76. The largest absolute Gasteiger partial charge is 0.378 e. The van der Waals surface area contributed by atoms with Crippen LogP contribution in [0.3, 0.4) is 0 Å². The molecule has 0 atom stereocenters. The lowest BCUT2D eigenvalue weighted by Gasteiger charge is -2.29. The maximum atomic E-state index is 13.5. The Morgan fingerprint density at radius 1 is 0.871 bits per heavy atom. The number of amides is 2. The number of anilines is 2. The summed E-state index contributed by atoms with van der Waals surface area (Å²) in [6.07, 6.45) is 3.00. The van der Waals surface area contributed by atoms with Crippen LogP contribution in [0, 0.1) is 10.1 Å². The molecule has 2 aliphatic heterocycles. The quantitative estimate of drug-likeness (QED) is 0.418. The molecule has 0 N–H and O–H groups in total. The van der Waals surface area contributed by atoms with E-state index in [-0.39, 0.29) is 11.6 Å². The summed E-state index contributed by atoms with van der Waals surface area (Å²) in [5.74, 6) is -0.755. The van der Waals surface area contributed by atoms with Gasteiger partial charge >= 0.3 is 0 Å². The van der Waals surface area contributed by atoms with Crippen molar-refractivity contribution in [2.45, 2.75) is 19.3 Å². The van der Waals surface area contributed by atoms with Gasteiger partial charge in [-0.3, -0.25) is 19.7 Å². The van der Waals surface area contributed by atoms with Gasteiger partial charge in [-0.05, 0) is 61.2 Å². The molecule has 0 radical (unpaired) electrons. The fraction of sp³-hybridized carbons (Fsp3) is 0.304. The first-order valence-electron chi connectivity index (χ1n) is 10.3. The predicted molar refractivity (Wildman–Crippen MR) is 119 cm³/mol. The van der Waals surface area contributed by atoms with Crippen molar-refractivity contribution < 1.29 is 14.5 Å². The van der Waals surface area contributed by atoms with E-state index >= 15 is 0 Å². The van der Waals surface area contributed by atoms with Crippen LogP contribution in [0.2, 0.25) is 0 Å². The van der Waals surface area contributed by atoms with Gasteiger partial charge in [0.15, 0.2) is 0 Å². The first-order valence-corrected chi connectivity index (χ1v) is 10.3. The molecule has 2 aromatic rings. The standard InChI is InChI=1S/C23H24N4O4/c1-24(2)17-10-12-18(13-11-17)26-22(28)20(16-6-8-19(9-7-16)27(30)31)21(23(26)29)25-14-4-3-5-15-25/h6-13H,3-5,14-15H2,1-2H3. The maximum Gasteiger partial charge on any atom is 0.282 e. The molecule has 2 amide bonds. The molecular formula is C23H24N4O4. The Morgan fingerprint density at radius 3 is 2.03 bits per heavy atom. The molecule has 1 fully saturated rings. The third-order valence-electron chi connectivity index (χ3n) is 5.72. The molecule has 0 saturated carbocycles. The monoisotopic (exact) mass is 420 g/mol. The molecule has 0 bridgehead atoms. The van der Waals surface area contributed by atoms with Gasteiger partial charge in [-0.15, -0.1) is 0 Å². The zero-order valence-corrected chi connectivity index (χ0v) is 17.6. The Balaban J connectivity index is 1.77. The van der Waals surface area contributed by atoms with E-state index in [0.29, 0.717) is 35.6 Å². The molecule has 4 rings (SSSR count). The normalized spacial score (nSPS) is 16.8. The number of imide groups is 1. The van der Waals surface area contributed by atoms with Crippen molar-refractivity contribution in [3.8, 4) is 0 Å². The minimum atomic E-state index is -0.482. The van der Waals surface area contributed by atoms with Crippen LogP contribution in [0.15, 0.2) is 54.2 Å². The lowest BCUT2D eigenvalue weighted by Crippen LogP contribution is -2.37. The van der Waals surface area contributed by atoms with Crippen molar-refractivity contribution in [2.24, 2.45) is 0 Å². The van der Waals surface area contributed by atoms with Crippen molar-refractivity contribution in [1.82, 2.24) is 4.90 Å². The van der Waals surface area contributed by atoms with E-state index in [4.69, 9.17) is 0 Å². The van der Waals surface area contributed by atoms with E-state index in [1.165, 1.54) is 17.0 Å². The number of nitro groups is 1. The van der Waals surface area contributed by atoms with Crippen LogP contribution >= 0.6 is 0 Å². The van der Waals surface area contributed by atoms with E-state index < -0.39 is 10.8 Å². The van der Waals surface area contributed by atoms with E-state index in [9.17, 15) is 19.7 Å². The highest BCUT2D eigenvalue weighted by Crippen LogP contribution is 2.36. The Kier molecular flexibility index (Phi) is 5.46. The molecule has 8 heteroatoms. The van der Waals surface area contributed by atoms with E-state index in [1.54, 1.807) is 24.3 Å². The fourth-order valence-electron chi connectivity index (χ4n) is 4.07. The van der Waals surface area contributed by atoms with Crippen LogP contribution in [0.4, 0.5) is 17.1 Å².